The van der Waals surface area contributed by atoms with Crippen LogP contribution in [0.3, 0.4) is 0 Å². The van der Waals surface area contributed by atoms with E-state index in [1.54, 1.807) is 17.9 Å². The van der Waals surface area contributed by atoms with Gasteiger partial charge in [0.15, 0.2) is 5.69 Å². The van der Waals surface area contributed by atoms with Gasteiger partial charge >= 0.3 is 0 Å². The molecule has 0 radical (unpaired) electrons. The second-order valence-corrected chi connectivity index (χ2v) is 6.39. The highest BCUT2D eigenvalue weighted by Gasteiger charge is 2.31. The van der Waals surface area contributed by atoms with Crippen molar-refractivity contribution >= 4 is 11.8 Å². The van der Waals surface area contributed by atoms with Crippen LogP contribution in [0.5, 0.6) is 0 Å². The third kappa shape index (κ3) is 3.90. The van der Waals surface area contributed by atoms with Crippen LogP contribution in [0.2, 0.25) is 0 Å². The molecule has 0 aliphatic carbocycles. The summed E-state index contributed by atoms with van der Waals surface area (Å²) in [5, 5.41) is 3.81. The van der Waals surface area contributed by atoms with E-state index in [0.717, 1.165) is 12.0 Å². The average molecular weight is 341 g/mol. The van der Waals surface area contributed by atoms with Gasteiger partial charge in [-0.3, -0.25) is 9.59 Å². The van der Waals surface area contributed by atoms with E-state index >= 15 is 0 Å². The number of benzene rings is 1. The van der Waals surface area contributed by atoms with E-state index in [1.807, 2.05) is 42.2 Å². The summed E-state index contributed by atoms with van der Waals surface area (Å²) in [4.78, 5) is 28.9. The van der Waals surface area contributed by atoms with Crippen LogP contribution in [0.25, 0.3) is 0 Å². The van der Waals surface area contributed by atoms with Crippen molar-refractivity contribution in [3.05, 3.63) is 53.4 Å². The second-order valence-electron chi connectivity index (χ2n) is 6.39. The molecule has 0 saturated carbocycles. The molecule has 0 N–H and O–H groups in total. The molecule has 25 heavy (non-hydrogen) atoms. The number of carbonyl (C=O) groups excluding carboxylic acids is 2. The van der Waals surface area contributed by atoms with E-state index < -0.39 is 0 Å². The Morgan fingerprint density at radius 3 is 2.72 bits per heavy atom. The first-order valence-electron chi connectivity index (χ1n) is 8.64. The zero-order valence-corrected chi connectivity index (χ0v) is 14.6. The zero-order valence-electron chi connectivity index (χ0n) is 14.6. The predicted molar refractivity (Wildman–Crippen MR) is 92.8 cm³/mol. The first kappa shape index (κ1) is 17.2. The van der Waals surface area contributed by atoms with Crippen LogP contribution >= 0.6 is 0 Å². The molecule has 1 atom stereocenters. The van der Waals surface area contributed by atoms with Gasteiger partial charge in [-0.2, -0.15) is 0 Å². The molecule has 0 spiro atoms. The number of hydrogen-bond donors (Lipinski definition) is 0. The van der Waals surface area contributed by atoms with Crippen LogP contribution in [-0.2, 0) is 11.3 Å². The number of amides is 2. The van der Waals surface area contributed by atoms with Gasteiger partial charge in [0.2, 0.25) is 5.91 Å². The largest absolute Gasteiger partial charge is 0.361 e. The average Bonchev–Trinajstić information content (AvgIpc) is 3.00. The summed E-state index contributed by atoms with van der Waals surface area (Å²) >= 11 is 0. The maximum absolute atomic E-state index is 12.7. The minimum Gasteiger partial charge on any atom is -0.361 e. The lowest BCUT2D eigenvalue weighted by Crippen LogP contribution is -2.43. The molecular weight excluding hydrogens is 318 g/mol. The van der Waals surface area contributed by atoms with Gasteiger partial charge in [-0.05, 0) is 18.9 Å². The normalized spacial score (nSPS) is 18.3. The molecular formula is C19H23N3O3. The number of aryl methyl sites for hydroxylation is 1. The zero-order chi connectivity index (χ0) is 17.8. The lowest BCUT2D eigenvalue weighted by Gasteiger charge is -2.31. The van der Waals surface area contributed by atoms with Crippen molar-refractivity contribution in [1.29, 1.82) is 0 Å². The summed E-state index contributed by atoms with van der Waals surface area (Å²) in [6.45, 7) is 5.30. The van der Waals surface area contributed by atoms with E-state index in [-0.39, 0.29) is 17.9 Å². The van der Waals surface area contributed by atoms with Gasteiger partial charge in [-0.25, -0.2) is 0 Å². The maximum Gasteiger partial charge on any atom is 0.276 e. The van der Waals surface area contributed by atoms with Crippen molar-refractivity contribution < 1.29 is 14.1 Å². The Hall–Kier alpha value is -2.63. The van der Waals surface area contributed by atoms with Crippen molar-refractivity contribution in [2.75, 3.05) is 13.1 Å². The van der Waals surface area contributed by atoms with Gasteiger partial charge in [-0.1, -0.05) is 42.4 Å². The Labute approximate surface area is 147 Å². The van der Waals surface area contributed by atoms with Gasteiger partial charge < -0.3 is 14.3 Å². The first-order chi connectivity index (χ1) is 12.1. The van der Waals surface area contributed by atoms with Crippen LogP contribution in [0, 0.1) is 6.92 Å². The van der Waals surface area contributed by atoms with Gasteiger partial charge in [0.1, 0.15) is 5.76 Å². The molecule has 0 unspecified atom stereocenters. The Kier molecular flexibility index (Phi) is 5.16. The third-order valence-corrected chi connectivity index (χ3v) is 4.59. The summed E-state index contributed by atoms with van der Waals surface area (Å²) < 4.78 is 5.01. The predicted octanol–water partition coefficient (Wildman–Crippen LogP) is 2.64. The van der Waals surface area contributed by atoms with Crippen LogP contribution in [0.1, 0.15) is 41.6 Å². The summed E-state index contributed by atoms with van der Waals surface area (Å²) in [5.74, 6) is 0.513. The van der Waals surface area contributed by atoms with Gasteiger partial charge in [-0.15, -0.1) is 0 Å². The maximum atomic E-state index is 12.7. The SMILES string of the molecule is CC[C@H]1CN(C(=O)c2cc(C)on2)CCC(=O)N1Cc1ccccc1. The number of hydrogen-bond acceptors (Lipinski definition) is 4. The number of carbonyl (C=O) groups is 2. The summed E-state index contributed by atoms with van der Waals surface area (Å²) in [5.41, 5.74) is 1.40. The van der Waals surface area contributed by atoms with Crippen molar-refractivity contribution in [1.82, 2.24) is 15.0 Å². The molecule has 1 aliphatic heterocycles. The second kappa shape index (κ2) is 7.51. The lowest BCUT2D eigenvalue weighted by atomic mass is 10.1. The van der Waals surface area contributed by atoms with Gasteiger partial charge in [0.05, 0.1) is 0 Å². The monoisotopic (exact) mass is 341 g/mol. The number of aromatic nitrogens is 1. The fourth-order valence-electron chi connectivity index (χ4n) is 3.18. The summed E-state index contributed by atoms with van der Waals surface area (Å²) in [7, 11) is 0. The van der Waals surface area contributed by atoms with Crippen molar-refractivity contribution in [3.8, 4) is 0 Å². The molecule has 3 rings (SSSR count). The van der Waals surface area contributed by atoms with Crippen LogP contribution in [-0.4, -0.2) is 45.9 Å². The molecule has 2 heterocycles. The highest BCUT2D eigenvalue weighted by molar-refractivity contribution is 5.93. The van der Waals surface area contributed by atoms with Crippen LogP contribution in [0.4, 0.5) is 0 Å². The Balaban J connectivity index is 1.77. The number of rotatable bonds is 4. The molecule has 1 aromatic heterocycles. The van der Waals surface area contributed by atoms with Crippen molar-refractivity contribution in [2.24, 2.45) is 0 Å². The standard InChI is InChI=1S/C19H23N3O3/c1-3-16-13-21(19(24)17-11-14(2)25-20-17)10-9-18(23)22(16)12-15-7-5-4-6-8-15/h4-8,11,16H,3,9-10,12-13H2,1-2H3/t16-/m0/s1. The molecule has 1 saturated heterocycles. The quantitative estimate of drug-likeness (QED) is 0.857. The molecule has 6 heteroatoms. The fourth-order valence-corrected chi connectivity index (χ4v) is 3.18. The Morgan fingerprint density at radius 1 is 1.32 bits per heavy atom. The molecule has 1 aromatic carbocycles. The molecule has 6 nitrogen and oxygen atoms in total. The Morgan fingerprint density at radius 2 is 2.08 bits per heavy atom. The highest BCUT2D eigenvalue weighted by Crippen LogP contribution is 2.19. The Bertz CT molecular complexity index is 741. The minimum atomic E-state index is -0.176. The third-order valence-electron chi connectivity index (χ3n) is 4.59. The van der Waals surface area contributed by atoms with E-state index in [9.17, 15) is 9.59 Å². The molecule has 132 valence electrons. The molecule has 2 amide bonds. The van der Waals surface area contributed by atoms with Crippen LogP contribution in [0.15, 0.2) is 40.9 Å². The lowest BCUT2D eigenvalue weighted by molar-refractivity contribution is -0.133. The fraction of sp³-hybridized carbons (Fsp3) is 0.421. The highest BCUT2D eigenvalue weighted by atomic mass is 16.5. The van der Waals surface area contributed by atoms with Crippen LogP contribution < -0.4 is 0 Å². The summed E-state index contributed by atoms with van der Waals surface area (Å²) in [6.07, 6.45) is 1.12. The molecule has 1 fully saturated rings. The van der Waals surface area contributed by atoms with Gasteiger partial charge in [0.25, 0.3) is 5.91 Å². The minimum absolute atomic E-state index is 0.00726. The molecule has 0 bridgehead atoms. The smallest absolute Gasteiger partial charge is 0.276 e. The van der Waals surface area contributed by atoms with Gasteiger partial charge in [0, 0.05) is 38.2 Å². The van der Waals surface area contributed by atoms with E-state index in [0.29, 0.717) is 37.5 Å². The van der Waals surface area contributed by atoms with E-state index in [4.69, 9.17) is 4.52 Å². The first-order valence-corrected chi connectivity index (χ1v) is 8.64. The molecule has 1 aliphatic rings. The van der Waals surface area contributed by atoms with E-state index in [1.165, 1.54) is 0 Å². The molecule has 2 aromatic rings. The topological polar surface area (TPSA) is 66.7 Å². The van der Waals surface area contributed by atoms with Crippen molar-refractivity contribution in [3.63, 3.8) is 0 Å². The summed E-state index contributed by atoms with van der Waals surface area (Å²) in [6, 6.07) is 11.6. The number of nitrogens with zero attached hydrogens (tertiary/aromatic N) is 3. The van der Waals surface area contributed by atoms with E-state index in [2.05, 4.69) is 5.16 Å². The van der Waals surface area contributed by atoms with Crippen molar-refractivity contribution in [2.45, 2.75) is 39.3 Å².